The Morgan fingerprint density at radius 3 is 2.20 bits per heavy atom. The van der Waals surface area contributed by atoms with E-state index < -0.39 is 9.84 Å². The molecule has 1 spiro atoms. The Kier molecular flexibility index (Phi) is 4.04. The van der Waals surface area contributed by atoms with Gasteiger partial charge in [-0.05, 0) is 78.3 Å². The van der Waals surface area contributed by atoms with Gasteiger partial charge in [0.05, 0.1) is 10.6 Å². The monoisotopic (exact) mass is 371 g/mol. The fourth-order valence-corrected chi connectivity index (χ4v) is 4.62. The Morgan fingerprint density at radius 2 is 1.68 bits per heavy atom. The zero-order valence-electron chi connectivity index (χ0n) is 14.5. The lowest BCUT2D eigenvalue weighted by Crippen LogP contribution is -1.99. The lowest BCUT2D eigenvalue weighted by molar-refractivity contribution is 0.567. The summed E-state index contributed by atoms with van der Waals surface area (Å²) in [5, 5.41) is 0. The van der Waals surface area contributed by atoms with E-state index in [2.05, 4.69) is 35.5 Å². The molecule has 5 heteroatoms. The van der Waals surface area contributed by atoms with Gasteiger partial charge in [0.2, 0.25) is 0 Å². The van der Waals surface area contributed by atoms with Gasteiger partial charge in [0.25, 0.3) is 0 Å². The molecule has 25 heavy (non-hydrogen) atoms. The van der Waals surface area contributed by atoms with E-state index in [9.17, 15) is 8.42 Å². The summed E-state index contributed by atoms with van der Waals surface area (Å²) in [6.45, 7) is 0. The van der Waals surface area contributed by atoms with Crippen molar-refractivity contribution >= 4 is 32.7 Å². The largest absolute Gasteiger partial charge is 0.255 e. The van der Waals surface area contributed by atoms with E-state index in [4.69, 9.17) is 0 Å². The van der Waals surface area contributed by atoms with Crippen molar-refractivity contribution in [2.75, 3.05) is 12.5 Å². The molecule has 2 aliphatic carbocycles. The van der Waals surface area contributed by atoms with Crippen LogP contribution in [0.25, 0.3) is 11.1 Å². The first-order valence-corrected chi connectivity index (χ1v) is 11.5. The van der Waals surface area contributed by atoms with Crippen molar-refractivity contribution in [2.24, 2.45) is 5.41 Å². The number of benzene rings is 1. The highest BCUT2D eigenvalue weighted by Crippen LogP contribution is 2.63. The van der Waals surface area contributed by atoms with E-state index >= 15 is 0 Å². The molecule has 130 valence electrons. The first-order chi connectivity index (χ1) is 11.9. The second-order valence-corrected chi connectivity index (χ2v) is 10.1. The maximum Gasteiger partial charge on any atom is 0.177 e. The van der Waals surface area contributed by atoms with Crippen LogP contribution in [0.2, 0.25) is 0 Å². The molecule has 0 saturated heterocycles. The maximum atomic E-state index is 11.7. The molecular formula is C20H21NO2S2. The van der Waals surface area contributed by atoms with Crippen LogP contribution in [0.5, 0.6) is 0 Å². The van der Waals surface area contributed by atoms with Crippen LogP contribution in [0.15, 0.2) is 52.4 Å². The highest BCUT2D eigenvalue weighted by atomic mass is 32.2. The Balaban J connectivity index is 1.75. The number of hydrogen-bond donors (Lipinski definition) is 0. The minimum Gasteiger partial charge on any atom is -0.255 e. The van der Waals surface area contributed by atoms with Crippen LogP contribution in [0.1, 0.15) is 36.9 Å². The number of hydrogen-bond acceptors (Lipinski definition) is 4. The van der Waals surface area contributed by atoms with E-state index in [1.54, 1.807) is 17.8 Å². The van der Waals surface area contributed by atoms with Crippen molar-refractivity contribution in [3.05, 3.63) is 53.9 Å². The molecule has 0 unspecified atom stereocenters. The summed E-state index contributed by atoms with van der Waals surface area (Å²) in [4.78, 5) is 6.03. The Morgan fingerprint density at radius 1 is 1.00 bits per heavy atom. The first kappa shape index (κ1) is 16.9. The van der Waals surface area contributed by atoms with E-state index in [0.29, 0.717) is 5.41 Å². The predicted octanol–water partition coefficient (Wildman–Crippen LogP) is 4.69. The van der Waals surface area contributed by atoms with Crippen LogP contribution in [-0.2, 0) is 9.84 Å². The molecule has 1 aromatic heterocycles. The second kappa shape index (κ2) is 5.99. The van der Waals surface area contributed by atoms with Crippen LogP contribution in [0.4, 0.5) is 0 Å². The van der Waals surface area contributed by atoms with Crippen molar-refractivity contribution < 1.29 is 8.42 Å². The predicted molar refractivity (Wildman–Crippen MR) is 103 cm³/mol. The molecule has 1 aromatic carbocycles. The molecule has 1 heterocycles. The molecule has 0 radical (unpaired) electrons. The van der Waals surface area contributed by atoms with Gasteiger partial charge in [-0.15, -0.1) is 11.8 Å². The highest BCUT2D eigenvalue weighted by molar-refractivity contribution is 7.98. The van der Waals surface area contributed by atoms with Gasteiger partial charge in [-0.25, -0.2) is 8.42 Å². The zero-order chi connectivity index (χ0) is 17.7. The lowest BCUT2D eigenvalue weighted by Gasteiger charge is -2.09. The number of nitrogens with zero attached hydrogens (tertiary/aromatic N) is 1. The molecular weight excluding hydrogens is 350 g/mol. The Labute approximate surface area is 153 Å². The van der Waals surface area contributed by atoms with Crippen LogP contribution in [0, 0.1) is 5.41 Å². The van der Waals surface area contributed by atoms with Crippen LogP contribution < -0.4 is 0 Å². The molecule has 1 saturated carbocycles. The Bertz CT molecular complexity index is 938. The third kappa shape index (κ3) is 3.27. The number of allylic oxidation sites excluding steroid dienone is 2. The number of rotatable bonds is 4. The van der Waals surface area contributed by atoms with Crippen LogP contribution >= 0.6 is 11.8 Å². The van der Waals surface area contributed by atoms with Gasteiger partial charge in [-0.1, -0.05) is 12.1 Å². The van der Waals surface area contributed by atoms with Crippen LogP contribution in [0.3, 0.4) is 0 Å². The van der Waals surface area contributed by atoms with Crippen molar-refractivity contribution in [3.63, 3.8) is 0 Å². The number of pyridine rings is 1. The average Bonchev–Trinajstić information content (AvgIpc) is 3.25. The average molecular weight is 372 g/mol. The molecule has 2 aromatic rings. The first-order valence-electron chi connectivity index (χ1n) is 8.43. The number of aromatic nitrogens is 1. The topological polar surface area (TPSA) is 47.0 Å². The molecule has 0 amide bonds. The number of sulfone groups is 1. The summed E-state index contributed by atoms with van der Waals surface area (Å²) in [6.07, 6.45) is 9.52. The quantitative estimate of drug-likeness (QED) is 0.732. The summed E-state index contributed by atoms with van der Waals surface area (Å²) in [5.41, 5.74) is 5.28. The molecule has 2 aliphatic rings. The third-order valence-electron chi connectivity index (χ3n) is 5.34. The molecule has 1 fully saturated rings. The van der Waals surface area contributed by atoms with E-state index in [1.165, 1.54) is 46.9 Å². The van der Waals surface area contributed by atoms with Crippen LogP contribution in [-0.4, -0.2) is 25.9 Å². The van der Waals surface area contributed by atoms with Crippen molar-refractivity contribution in [1.82, 2.24) is 4.98 Å². The smallest absolute Gasteiger partial charge is 0.177 e. The van der Waals surface area contributed by atoms with E-state index in [0.717, 1.165) is 18.5 Å². The van der Waals surface area contributed by atoms with Crippen molar-refractivity contribution in [2.45, 2.75) is 35.5 Å². The summed E-state index contributed by atoms with van der Waals surface area (Å²) in [5.74, 6) is 0. The Hall–Kier alpha value is -1.59. The standard InChI is InChI=1S/C20H21NO2S2/c1-24-15-5-3-14(4-6-15)17-11-20(9-10-20)12-18(17)19-8-7-16(13-21-19)25(2,22)23/h3-8,13H,9-12H2,1-2H3. The van der Waals surface area contributed by atoms with Gasteiger partial charge >= 0.3 is 0 Å². The molecule has 0 bridgehead atoms. The van der Waals surface area contributed by atoms with E-state index in [1.807, 2.05) is 6.07 Å². The minimum absolute atomic E-state index is 0.279. The van der Waals surface area contributed by atoms with Gasteiger partial charge in [0.1, 0.15) is 0 Å². The zero-order valence-corrected chi connectivity index (χ0v) is 16.1. The highest BCUT2D eigenvalue weighted by Gasteiger charge is 2.48. The number of thioether (sulfide) groups is 1. The molecule has 3 nitrogen and oxygen atoms in total. The summed E-state index contributed by atoms with van der Waals surface area (Å²) in [6, 6.07) is 12.3. The SMILES string of the molecule is CSc1ccc(C2=C(c3ccc(S(C)(=O)=O)cn3)CC3(CC3)C2)cc1. The third-order valence-corrected chi connectivity index (χ3v) is 7.18. The van der Waals surface area contributed by atoms with Gasteiger partial charge in [-0.3, -0.25) is 4.98 Å². The summed E-state index contributed by atoms with van der Waals surface area (Å²) in [7, 11) is -3.21. The van der Waals surface area contributed by atoms with Crippen molar-refractivity contribution in [1.29, 1.82) is 0 Å². The van der Waals surface area contributed by atoms with E-state index in [-0.39, 0.29) is 4.90 Å². The maximum absolute atomic E-state index is 11.7. The second-order valence-electron chi connectivity index (χ2n) is 7.19. The molecule has 4 rings (SSSR count). The minimum atomic E-state index is -3.21. The lowest BCUT2D eigenvalue weighted by atomic mass is 9.99. The van der Waals surface area contributed by atoms with Gasteiger partial charge in [-0.2, -0.15) is 0 Å². The summed E-state index contributed by atoms with van der Waals surface area (Å²) >= 11 is 1.75. The van der Waals surface area contributed by atoms with Gasteiger partial charge < -0.3 is 0 Å². The van der Waals surface area contributed by atoms with Crippen molar-refractivity contribution in [3.8, 4) is 0 Å². The van der Waals surface area contributed by atoms with Gasteiger partial charge in [0, 0.05) is 17.3 Å². The molecule has 0 N–H and O–H groups in total. The fourth-order valence-electron chi connectivity index (χ4n) is 3.65. The molecule has 0 atom stereocenters. The fraction of sp³-hybridized carbons (Fsp3) is 0.350. The normalized spacial score (nSPS) is 18.8. The summed E-state index contributed by atoms with van der Waals surface area (Å²) < 4.78 is 23.3. The molecule has 0 aliphatic heterocycles. The van der Waals surface area contributed by atoms with Gasteiger partial charge in [0.15, 0.2) is 9.84 Å².